The lowest BCUT2D eigenvalue weighted by molar-refractivity contribution is -0.220. The first-order chi connectivity index (χ1) is 19.1. The molecule has 0 saturated carbocycles. The molecule has 0 unspecified atom stereocenters. The molecule has 212 valence electrons. The predicted molar refractivity (Wildman–Crippen MR) is 151 cm³/mol. The molecular weight excluding hydrogens is 532 g/mol. The number of carboxylic acid groups (broad SMARTS) is 1. The normalized spacial score (nSPS) is 18.1. The molecule has 0 radical (unpaired) electrons. The van der Waals surface area contributed by atoms with E-state index in [9.17, 15) is 13.2 Å². The maximum absolute atomic E-state index is 11.7. The molecular formula is C31H34O8S. The molecule has 40 heavy (non-hydrogen) atoms. The van der Waals surface area contributed by atoms with Crippen LogP contribution in [0.5, 0.6) is 11.5 Å². The van der Waals surface area contributed by atoms with Crippen molar-refractivity contribution in [3.05, 3.63) is 82.9 Å². The predicted octanol–water partition coefficient (Wildman–Crippen LogP) is 4.83. The van der Waals surface area contributed by atoms with Crippen molar-refractivity contribution >= 4 is 15.8 Å². The number of carboxylic acids is 1. The van der Waals surface area contributed by atoms with Crippen LogP contribution < -0.4 is 9.47 Å². The van der Waals surface area contributed by atoms with Gasteiger partial charge in [-0.2, -0.15) is 0 Å². The van der Waals surface area contributed by atoms with Crippen molar-refractivity contribution in [1.82, 2.24) is 0 Å². The summed E-state index contributed by atoms with van der Waals surface area (Å²) in [6, 6.07) is 19.8. The van der Waals surface area contributed by atoms with Gasteiger partial charge in [0.15, 0.2) is 9.84 Å². The topological polar surface area (TPSA) is 108 Å². The van der Waals surface area contributed by atoms with Gasteiger partial charge in [-0.1, -0.05) is 30.3 Å². The molecule has 2 aliphatic heterocycles. The quantitative estimate of drug-likeness (QED) is 0.372. The molecule has 0 spiro atoms. The van der Waals surface area contributed by atoms with Crippen LogP contribution in [0, 0.1) is 13.8 Å². The Kier molecular flexibility index (Phi) is 8.16. The van der Waals surface area contributed by atoms with Crippen LogP contribution in [0.2, 0.25) is 0 Å². The van der Waals surface area contributed by atoms with Gasteiger partial charge in [0, 0.05) is 0 Å². The van der Waals surface area contributed by atoms with Gasteiger partial charge >= 0.3 is 5.97 Å². The van der Waals surface area contributed by atoms with E-state index in [0.29, 0.717) is 38.4 Å². The summed E-state index contributed by atoms with van der Waals surface area (Å²) in [5.41, 5.74) is 5.57. The van der Waals surface area contributed by atoms with Crippen LogP contribution in [0.3, 0.4) is 0 Å². The monoisotopic (exact) mass is 566 g/mol. The van der Waals surface area contributed by atoms with Crippen molar-refractivity contribution in [1.29, 1.82) is 0 Å². The molecule has 0 atom stereocenters. The molecule has 3 aromatic rings. The van der Waals surface area contributed by atoms with Crippen LogP contribution in [0.1, 0.15) is 35.1 Å². The molecule has 0 amide bonds. The number of ether oxygens (including phenoxy) is 4. The lowest BCUT2D eigenvalue weighted by atomic mass is 9.91. The minimum atomic E-state index is -2.92. The average Bonchev–Trinajstić information content (AvgIpc) is 2.88. The molecule has 2 saturated heterocycles. The third-order valence-corrected chi connectivity index (χ3v) is 9.17. The van der Waals surface area contributed by atoms with Crippen molar-refractivity contribution in [2.45, 2.75) is 45.0 Å². The molecule has 8 nitrogen and oxygen atoms in total. The highest BCUT2D eigenvalue weighted by Gasteiger charge is 2.42. The zero-order chi connectivity index (χ0) is 28.3. The first kappa shape index (κ1) is 28.1. The Morgan fingerprint density at radius 3 is 2.25 bits per heavy atom. The Labute approximate surface area is 234 Å². The number of aryl methyl sites for hydroxylation is 2. The average molecular weight is 567 g/mol. The van der Waals surface area contributed by atoms with E-state index in [0.717, 1.165) is 39.1 Å². The van der Waals surface area contributed by atoms with Crippen molar-refractivity contribution in [3.8, 4) is 22.6 Å². The highest BCUT2D eigenvalue weighted by atomic mass is 32.2. The van der Waals surface area contributed by atoms with Crippen molar-refractivity contribution in [3.63, 3.8) is 0 Å². The Balaban J connectivity index is 1.23. The first-order valence-electron chi connectivity index (χ1n) is 13.4. The van der Waals surface area contributed by atoms with E-state index in [1.807, 2.05) is 48.5 Å². The van der Waals surface area contributed by atoms with E-state index in [-0.39, 0.29) is 24.2 Å². The molecule has 2 aliphatic rings. The molecule has 1 N–H and O–H groups in total. The fourth-order valence-corrected chi connectivity index (χ4v) is 6.73. The standard InChI is InChI=1S/C31H34O8S/c1-21-14-28(39-27-10-12-40(34,35)13-11-27)15-22(2)30(21)24-5-3-4-23(16-24)17-37-26-8-6-25(7-9-26)31(19-36-20-31)38-18-29(32)33/h3-9,14-16,27H,10-13,17-20H2,1-2H3,(H,32,33). The maximum Gasteiger partial charge on any atom is 0.329 e. The van der Waals surface area contributed by atoms with E-state index in [4.69, 9.17) is 24.1 Å². The van der Waals surface area contributed by atoms with E-state index in [2.05, 4.69) is 26.0 Å². The summed E-state index contributed by atoms with van der Waals surface area (Å²) in [5.74, 6) is 0.830. The van der Waals surface area contributed by atoms with Gasteiger partial charge in [0.2, 0.25) is 0 Å². The van der Waals surface area contributed by atoms with E-state index < -0.39 is 21.4 Å². The number of carbonyl (C=O) groups is 1. The summed E-state index contributed by atoms with van der Waals surface area (Å²) in [5, 5.41) is 8.97. The Hall–Kier alpha value is -3.40. The minimum Gasteiger partial charge on any atom is -0.490 e. The largest absolute Gasteiger partial charge is 0.490 e. The molecule has 2 fully saturated rings. The van der Waals surface area contributed by atoms with Crippen molar-refractivity contribution in [2.24, 2.45) is 0 Å². The van der Waals surface area contributed by atoms with Gasteiger partial charge in [-0.15, -0.1) is 0 Å². The fourth-order valence-electron chi connectivity index (χ4n) is 5.28. The van der Waals surface area contributed by atoms with Crippen LogP contribution >= 0.6 is 0 Å². The number of rotatable bonds is 10. The highest BCUT2D eigenvalue weighted by Crippen LogP contribution is 2.35. The van der Waals surface area contributed by atoms with Gasteiger partial charge in [0.25, 0.3) is 0 Å². The zero-order valence-electron chi connectivity index (χ0n) is 22.7. The smallest absolute Gasteiger partial charge is 0.329 e. The summed E-state index contributed by atoms with van der Waals surface area (Å²) in [7, 11) is -2.92. The van der Waals surface area contributed by atoms with Crippen LogP contribution in [0.25, 0.3) is 11.1 Å². The van der Waals surface area contributed by atoms with Gasteiger partial charge in [-0.05, 0) is 90.4 Å². The zero-order valence-corrected chi connectivity index (χ0v) is 23.5. The summed E-state index contributed by atoms with van der Waals surface area (Å²) in [6.45, 7) is 4.78. The molecule has 3 aromatic carbocycles. The number of aliphatic carboxylic acids is 1. The van der Waals surface area contributed by atoms with Gasteiger partial charge in [-0.3, -0.25) is 0 Å². The molecule has 0 bridgehead atoms. The summed E-state index contributed by atoms with van der Waals surface area (Å²) < 4.78 is 46.6. The minimum absolute atomic E-state index is 0.0763. The summed E-state index contributed by atoms with van der Waals surface area (Å²) >= 11 is 0. The van der Waals surface area contributed by atoms with Crippen LogP contribution in [-0.4, -0.2) is 56.9 Å². The van der Waals surface area contributed by atoms with E-state index in [1.165, 1.54) is 0 Å². The summed E-state index contributed by atoms with van der Waals surface area (Å²) in [4.78, 5) is 10.9. The van der Waals surface area contributed by atoms with Crippen LogP contribution in [0.15, 0.2) is 60.7 Å². The molecule has 2 heterocycles. The van der Waals surface area contributed by atoms with Crippen LogP contribution in [-0.2, 0) is 36.3 Å². The Morgan fingerprint density at radius 1 is 0.975 bits per heavy atom. The third kappa shape index (κ3) is 6.49. The second-order valence-corrected chi connectivity index (χ2v) is 12.9. The highest BCUT2D eigenvalue weighted by molar-refractivity contribution is 7.91. The lowest BCUT2D eigenvalue weighted by Crippen LogP contribution is -2.49. The fraction of sp³-hybridized carbons (Fsp3) is 0.387. The number of benzene rings is 3. The lowest BCUT2D eigenvalue weighted by Gasteiger charge is -2.41. The van der Waals surface area contributed by atoms with Gasteiger partial charge in [0.05, 0.1) is 24.7 Å². The molecule has 5 rings (SSSR count). The van der Waals surface area contributed by atoms with Crippen molar-refractivity contribution in [2.75, 3.05) is 31.3 Å². The van der Waals surface area contributed by atoms with Gasteiger partial charge < -0.3 is 24.1 Å². The molecule has 9 heteroatoms. The third-order valence-electron chi connectivity index (χ3n) is 7.45. The van der Waals surface area contributed by atoms with Crippen LogP contribution in [0.4, 0.5) is 0 Å². The molecule has 0 aromatic heterocycles. The Morgan fingerprint density at radius 2 is 1.65 bits per heavy atom. The SMILES string of the molecule is Cc1cc(OC2CCS(=O)(=O)CC2)cc(C)c1-c1cccc(COc2ccc(C3(OCC(=O)O)COC3)cc2)c1. The number of hydrogen-bond acceptors (Lipinski definition) is 7. The van der Waals surface area contributed by atoms with Gasteiger partial charge in [-0.25, -0.2) is 13.2 Å². The second kappa shape index (κ2) is 11.6. The summed E-state index contributed by atoms with van der Waals surface area (Å²) in [6.07, 6.45) is 0.981. The van der Waals surface area contributed by atoms with Gasteiger partial charge in [0.1, 0.15) is 36.4 Å². The maximum atomic E-state index is 11.7. The van der Waals surface area contributed by atoms with E-state index in [1.54, 1.807) is 0 Å². The van der Waals surface area contributed by atoms with E-state index >= 15 is 0 Å². The number of hydrogen-bond donors (Lipinski definition) is 1. The first-order valence-corrected chi connectivity index (χ1v) is 15.2. The number of sulfone groups is 1. The van der Waals surface area contributed by atoms with Crippen molar-refractivity contribution < 1.29 is 37.3 Å². The Bertz CT molecular complexity index is 1440. The molecule has 0 aliphatic carbocycles. The second-order valence-electron chi connectivity index (χ2n) is 10.6.